The van der Waals surface area contributed by atoms with E-state index in [1.165, 1.54) is 6.07 Å². The lowest BCUT2D eigenvalue weighted by atomic mass is 9.93. The summed E-state index contributed by atoms with van der Waals surface area (Å²) >= 11 is 0. The molecule has 110 valence electrons. The molecule has 0 aromatic heterocycles. The van der Waals surface area contributed by atoms with Gasteiger partial charge < -0.3 is 4.90 Å². The minimum atomic E-state index is -4.38. The van der Waals surface area contributed by atoms with Crippen molar-refractivity contribution >= 4 is 5.91 Å². The molecule has 1 aliphatic rings. The monoisotopic (exact) mass is 285 g/mol. The van der Waals surface area contributed by atoms with Crippen LogP contribution in [0.1, 0.15) is 43.2 Å². The molecule has 0 N–H and O–H groups in total. The van der Waals surface area contributed by atoms with Gasteiger partial charge in [0.2, 0.25) is 5.91 Å². The van der Waals surface area contributed by atoms with E-state index in [0.717, 1.165) is 25.0 Å². The Morgan fingerprint density at radius 3 is 2.55 bits per heavy atom. The molecule has 1 saturated carbocycles. The second-order valence-electron chi connectivity index (χ2n) is 5.26. The highest BCUT2D eigenvalue weighted by atomic mass is 19.4. The predicted octanol–water partition coefficient (Wildman–Crippen LogP) is 3.82. The highest BCUT2D eigenvalue weighted by molar-refractivity contribution is 5.84. The normalized spacial score (nSPS) is 16.9. The zero-order chi connectivity index (χ0) is 14.9. The van der Waals surface area contributed by atoms with Crippen molar-refractivity contribution in [1.29, 1.82) is 0 Å². The van der Waals surface area contributed by atoms with Gasteiger partial charge >= 0.3 is 6.18 Å². The van der Waals surface area contributed by atoms with Gasteiger partial charge in [-0.1, -0.05) is 25.1 Å². The van der Waals surface area contributed by atoms with Crippen LogP contribution in [0.5, 0.6) is 0 Å². The molecule has 0 bridgehead atoms. The summed E-state index contributed by atoms with van der Waals surface area (Å²) in [5.41, 5.74) is -0.254. The maximum Gasteiger partial charge on any atom is 0.416 e. The van der Waals surface area contributed by atoms with Gasteiger partial charge in [0.05, 0.1) is 11.5 Å². The van der Waals surface area contributed by atoms with Gasteiger partial charge in [-0.2, -0.15) is 13.2 Å². The molecule has 0 radical (unpaired) electrons. The molecular formula is C15H18F3NO. The fourth-order valence-electron chi connectivity index (χ4n) is 2.37. The number of rotatable bonds is 4. The number of benzene rings is 1. The van der Waals surface area contributed by atoms with Crippen LogP contribution < -0.4 is 0 Å². The van der Waals surface area contributed by atoms with E-state index in [9.17, 15) is 18.0 Å². The first-order chi connectivity index (χ1) is 9.34. The molecule has 1 amide bonds. The number of amides is 1. The first-order valence-corrected chi connectivity index (χ1v) is 6.78. The van der Waals surface area contributed by atoms with Crippen molar-refractivity contribution in [1.82, 2.24) is 4.90 Å². The molecule has 20 heavy (non-hydrogen) atoms. The van der Waals surface area contributed by atoms with Gasteiger partial charge in [-0.3, -0.25) is 4.79 Å². The maximum atomic E-state index is 12.7. The molecule has 1 unspecified atom stereocenters. The van der Waals surface area contributed by atoms with Crippen LogP contribution in [0.4, 0.5) is 13.2 Å². The first kappa shape index (κ1) is 14.9. The van der Waals surface area contributed by atoms with Crippen LogP contribution in [0.25, 0.3) is 0 Å². The van der Waals surface area contributed by atoms with Crippen LogP contribution >= 0.6 is 0 Å². The van der Waals surface area contributed by atoms with Crippen molar-refractivity contribution in [2.45, 2.75) is 44.3 Å². The van der Waals surface area contributed by atoms with E-state index in [2.05, 4.69) is 0 Å². The molecule has 0 heterocycles. The van der Waals surface area contributed by atoms with Crippen LogP contribution in [0.2, 0.25) is 0 Å². The molecule has 5 heteroatoms. The molecule has 0 aliphatic heterocycles. The average molecular weight is 285 g/mol. The van der Waals surface area contributed by atoms with E-state index in [4.69, 9.17) is 0 Å². The largest absolute Gasteiger partial charge is 0.416 e. The van der Waals surface area contributed by atoms with Crippen LogP contribution in [0.15, 0.2) is 24.3 Å². The van der Waals surface area contributed by atoms with Crippen LogP contribution in [0.3, 0.4) is 0 Å². The Hall–Kier alpha value is -1.52. The van der Waals surface area contributed by atoms with Gasteiger partial charge in [0, 0.05) is 13.1 Å². The van der Waals surface area contributed by atoms with Crippen LogP contribution in [0, 0.1) is 0 Å². The van der Waals surface area contributed by atoms with Gasteiger partial charge in [-0.15, -0.1) is 0 Å². The highest BCUT2D eigenvalue weighted by Gasteiger charge is 2.35. The number of nitrogens with zero attached hydrogens (tertiary/aromatic N) is 1. The van der Waals surface area contributed by atoms with Gasteiger partial charge in [-0.05, 0) is 30.9 Å². The number of hydrogen-bond acceptors (Lipinski definition) is 1. The standard InChI is InChI=1S/C15H18F3NO/c1-3-13(14(20)19(2)12-7-8-12)10-5-4-6-11(9-10)15(16,17)18/h4-6,9,12-13H,3,7-8H2,1-2H3. The number of hydrogen-bond donors (Lipinski definition) is 0. The second kappa shape index (κ2) is 5.46. The van der Waals surface area contributed by atoms with Crippen molar-refractivity contribution < 1.29 is 18.0 Å². The summed E-state index contributed by atoms with van der Waals surface area (Å²) in [4.78, 5) is 14.0. The SMILES string of the molecule is CCC(C(=O)N(C)C1CC1)c1cccc(C(F)(F)F)c1. The van der Waals surface area contributed by atoms with Crippen molar-refractivity contribution in [2.24, 2.45) is 0 Å². The minimum absolute atomic E-state index is 0.0886. The van der Waals surface area contributed by atoms with E-state index >= 15 is 0 Å². The van der Waals surface area contributed by atoms with E-state index < -0.39 is 17.7 Å². The van der Waals surface area contributed by atoms with Gasteiger partial charge in [0.15, 0.2) is 0 Å². The van der Waals surface area contributed by atoms with E-state index in [1.807, 2.05) is 6.92 Å². The number of carbonyl (C=O) groups is 1. The van der Waals surface area contributed by atoms with Crippen LogP contribution in [-0.2, 0) is 11.0 Å². The zero-order valence-electron chi connectivity index (χ0n) is 11.6. The lowest BCUT2D eigenvalue weighted by molar-refractivity contribution is -0.138. The van der Waals surface area contributed by atoms with Crippen molar-refractivity contribution in [2.75, 3.05) is 7.05 Å². The Morgan fingerprint density at radius 1 is 1.40 bits per heavy atom. The Kier molecular flexibility index (Phi) is 4.06. The van der Waals surface area contributed by atoms with Crippen molar-refractivity contribution in [3.63, 3.8) is 0 Å². The molecule has 0 spiro atoms. The summed E-state index contributed by atoms with van der Waals surface area (Å²) in [6.07, 6.45) is -1.90. The third-order valence-electron chi connectivity index (χ3n) is 3.76. The third-order valence-corrected chi connectivity index (χ3v) is 3.76. The maximum absolute atomic E-state index is 12.7. The molecule has 1 aromatic carbocycles. The predicted molar refractivity (Wildman–Crippen MR) is 70.3 cm³/mol. The van der Waals surface area contributed by atoms with Crippen LogP contribution in [-0.4, -0.2) is 23.9 Å². The molecule has 0 saturated heterocycles. The quantitative estimate of drug-likeness (QED) is 0.823. The second-order valence-corrected chi connectivity index (χ2v) is 5.26. The fourth-order valence-corrected chi connectivity index (χ4v) is 2.37. The first-order valence-electron chi connectivity index (χ1n) is 6.78. The Labute approximate surface area is 116 Å². The number of carbonyl (C=O) groups excluding carboxylic acids is 1. The fraction of sp³-hybridized carbons (Fsp3) is 0.533. The number of likely N-dealkylation sites (N-methyl/N-ethyl adjacent to an activating group) is 1. The van der Waals surface area contributed by atoms with Gasteiger partial charge in [0.25, 0.3) is 0 Å². The summed E-state index contributed by atoms with van der Waals surface area (Å²) in [6, 6.07) is 5.35. The molecule has 1 atom stereocenters. The zero-order valence-corrected chi connectivity index (χ0v) is 11.6. The Balaban J connectivity index is 2.25. The summed E-state index contributed by atoms with van der Waals surface area (Å²) in [6.45, 7) is 1.82. The van der Waals surface area contributed by atoms with E-state index in [0.29, 0.717) is 12.0 Å². The topological polar surface area (TPSA) is 20.3 Å². The minimum Gasteiger partial charge on any atom is -0.342 e. The number of halogens is 3. The van der Waals surface area contributed by atoms with E-state index in [1.54, 1.807) is 18.0 Å². The number of alkyl halides is 3. The Morgan fingerprint density at radius 2 is 2.05 bits per heavy atom. The van der Waals surface area contributed by atoms with Crippen molar-refractivity contribution in [3.05, 3.63) is 35.4 Å². The van der Waals surface area contributed by atoms with Gasteiger partial charge in [-0.25, -0.2) is 0 Å². The molecular weight excluding hydrogens is 267 g/mol. The van der Waals surface area contributed by atoms with Crippen molar-refractivity contribution in [3.8, 4) is 0 Å². The lowest BCUT2D eigenvalue weighted by Gasteiger charge is -2.23. The Bertz CT molecular complexity index is 494. The summed E-state index contributed by atoms with van der Waals surface area (Å²) < 4.78 is 38.2. The molecule has 1 fully saturated rings. The molecule has 2 rings (SSSR count). The van der Waals surface area contributed by atoms with E-state index in [-0.39, 0.29) is 11.9 Å². The smallest absolute Gasteiger partial charge is 0.342 e. The average Bonchev–Trinajstić information content (AvgIpc) is 3.22. The summed E-state index contributed by atoms with van der Waals surface area (Å²) in [5.74, 6) is -0.586. The molecule has 2 nitrogen and oxygen atoms in total. The van der Waals surface area contributed by atoms with Gasteiger partial charge in [0.1, 0.15) is 0 Å². The molecule has 1 aliphatic carbocycles. The highest BCUT2D eigenvalue weighted by Crippen LogP contribution is 2.34. The summed E-state index contributed by atoms with van der Waals surface area (Å²) in [7, 11) is 1.73. The third kappa shape index (κ3) is 3.14. The molecule has 1 aromatic rings. The summed E-state index contributed by atoms with van der Waals surface area (Å²) in [5, 5.41) is 0. The lowest BCUT2D eigenvalue weighted by Crippen LogP contribution is -2.33.